The fourth-order valence-electron chi connectivity index (χ4n) is 4.76. The minimum absolute atomic E-state index is 0.0802. The molecule has 1 aliphatic heterocycles. The third-order valence-corrected chi connectivity index (χ3v) is 7.19. The van der Waals surface area contributed by atoms with Crippen molar-refractivity contribution in [3.05, 3.63) is 0 Å². The molecule has 9 heteroatoms. The van der Waals surface area contributed by atoms with E-state index in [9.17, 15) is 30.3 Å². The van der Waals surface area contributed by atoms with Crippen LogP contribution in [0.5, 0.6) is 0 Å². The zero-order chi connectivity index (χ0) is 26.9. The third-order valence-electron chi connectivity index (χ3n) is 7.19. The van der Waals surface area contributed by atoms with Gasteiger partial charge >= 0.3 is 0 Å². The molecule has 1 fully saturated rings. The summed E-state index contributed by atoms with van der Waals surface area (Å²) < 4.78 is 10.9. The number of amides is 1. The molecule has 0 aromatic rings. The molecule has 36 heavy (non-hydrogen) atoms. The molecule has 0 spiro atoms. The third kappa shape index (κ3) is 12.6. The van der Waals surface area contributed by atoms with Gasteiger partial charge in [-0.25, -0.2) is 0 Å². The van der Waals surface area contributed by atoms with E-state index in [0.29, 0.717) is 0 Å². The molecule has 8 atom stereocenters. The zero-order valence-electron chi connectivity index (χ0n) is 22.7. The van der Waals surface area contributed by atoms with Crippen LogP contribution in [0.4, 0.5) is 0 Å². The summed E-state index contributed by atoms with van der Waals surface area (Å²) in [7, 11) is 0. The lowest BCUT2D eigenvalue weighted by Gasteiger charge is -2.40. The van der Waals surface area contributed by atoms with Gasteiger partial charge in [0.1, 0.15) is 24.4 Å². The first-order chi connectivity index (χ1) is 17.2. The Kier molecular flexibility index (Phi) is 17.8. The average Bonchev–Trinajstić information content (AvgIpc) is 2.86. The average molecular weight is 520 g/mol. The van der Waals surface area contributed by atoms with Crippen LogP contribution in [-0.4, -0.2) is 87.5 Å². The fraction of sp³-hybridized carbons (Fsp3) is 0.963. The second-order valence-electron chi connectivity index (χ2n) is 10.5. The summed E-state index contributed by atoms with van der Waals surface area (Å²) in [6.45, 7) is 4.81. The number of unbranched alkanes of at least 4 members (excludes halogenated alkanes) is 11. The molecule has 9 nitrogen and oxygen atoms in total. The topological polar surface area (TPSA) is 149 Å². The van der Waals surface area contributed by atoms with E-state index in [2.05, 4.69) is 12.2 Å². The van der Waals surface area contributed by atoms with Gasteiger partial charge in [0, 0.05) is 6.92 Å². The number of rotatable bonds is 20. The van der Waals surface area contributed by atoms with Crippen LogP contribution in [-0.2, 0) is 14.3 Å². The van der Waals surface area contributed by atoms with Gasteiger partial charge in [-0.15, -0.1) is 0 Å². The van der Waals surface area contributed by atoms with Gasteiger partial charge in [-0.1, -0.05) is 90.9 Å². The molecule has 214 valence electrons. The van der Waals surface area contributed by atoms with Crippen molar-refractivity contribution in [2.24, 2.45) is 5.92 Å². The predicted molar refractivity (Wildman–Crippen MR) is 138 cm³/mol. The Morgan fingerprint density at radius 3 is 1.92 bits per heavy atom. The molecule has 1 aliphatic rings. The van der Waals surface area contributed by atoms with Gasteiger partial charge in [0.05, 0.1) is 25.4 Å². The Labute approximate surface area is 217 Å². The fourth-order valence-corrected chi connectivity index (χ4v) is 4.76. The predicted octanol–water partition coefficient (Wildman–Crippen LogP) is 2.40. The van der Waals surface area contributed by atoms with Crippen molar-refractivity contribution in [1.82, 2.24) is 5.32 Å². The molecular formula is C27H53NO8. The highest BCUT2D eigenvalue weighted by atomic mass is 16.7. The maximum atomic E-state index is 11.7. The molecule has 2 unspecified atom stereocenters. The normalized spacial score (nSPS) is 26.9. The summed E-state index contributed by atoms with van der Waals surface area (Å²) in [6, 6.07) is -0.734. The summed E-state index contributed by atoms with van der Waals surface area (Å²) in [5.74, 6) is -0.405. The monoisotopic (exact) mass is 519 g/mol. The minimum Gasteiger partial charge on any atom is -0.394 e. The number of carbonyl (C=O) groups excluding carboxylic acids is 1. The highest BCUT2D eigenvalue weighted by Gasteiger charge is 2.44. The van der Waals surface area contributed by atoms with E-state index in [1.807, 2.05) is 6.92 Å². The maximum Gasteiger partial charge on any atom is 0.217 e. The number of carbonyl (C=O) groups is 1. The molecule has 1 heterocycles. The summed E-state index contributed by atoms with van der Waals surface area (Å²) in [4.78, 5) is 11.7. The second kappa shape index (κ2) is 19.3. The lowest BCUT2D eigenvalue weighted by atomic mass is 9.92. The van der Waals surface area contributed by atoms with E-state index in [1.54, 1.807) is 0 Å². The van der Waals surface area contributed by atoms with Crippen LogP contribution in [0.15, 0.2) is 0 Å². The lowest BCUT2D eigenvalue weighted by Crippen LogP contribution is -2.60. The summed E-state index contributed by atoms with van der Waals surface area (Å²) in [5.41, 5.74) is 0. The highest BCUT2D eigenvalue weighted by molar-refractivity contribution is 5.73. The van der Waals surface area contributed by atoms with Crippen molar-refractivity contribution >= 4 is 5.91 Å². The van der Waals surface area contributed by atoms with Crippen molar-refractivity contribution in [2.45, 2.75) is 147 Å². The second-order valence-corrected chi connectivity index (χ2v) is 10.5. The SMILES string of the molecule is CCCCCCCCCCCCCC[C@@H](C)[C@@H](O)[C@H](CO[C@H]1OC(CO)[C@H](O)[C@H](O)C1O)NC(C)=O. The number of hydrogen-bond donors (Lipinski definition) is 6. The summed E-state index contributed by atoms with van der Waals surface area (Å²) in [5, 5.41) is 52.9. The van der Waals surface area contributed by atoms with E-state index in [1.165, 1.54) is 71.1 Å². The molecule has 1 saturated heterocycles. The lowest BCUT2D eigenvalue weighted by molar-refractivity contribution is -0.303. The van der Waals surface area contributed by atoms with Crippen molar-refractivity contribution in [3.8, 4) is 0 Å². The molecule has 0 saturated carbocycles. The number of aliphatic hydroxyl groups excluding tert-OH is 5. The highest BCUT2D eigenvalue weighted by Crippen LogP contribution is 2.23. The Morgan fingerprint density at radius 2 is 1.42 bits per heavy atom. The van der Waals surface area contributed by atoms with Gasteiger partial charge in [-0.05, 0) is 12.3 Å². The van der Waals surface area contributed by atoms with E-state index < -0.39 is 49.5 Å². The van der Waals surface area contributed by atoms with Crippen LogP contribution in [0, 0.1) is 5.92 Å². The Bertz CT molecular complexity index is 564. The Hall–Kier alpha value is -0.810. The standard InChI is InChI=1S/C27H53NO8/c1-4-5-6-7-8-9-10-11-12-13-14-15-16-19(2)23(31)21(28-20(3)30)18-35-27-26(34)25(33)24(32)22(17-29)36-27/h19,21-27,29,31-34H,4-18H2,1-3H3,(H,28,30)/t19-,21+,22?,23-,24+,25+,26?,27+/m1/s1. The number of ether oxygens (including phenoxy) is 2. The van der Waals surface area contributed by atoms with Crippen LogP contribution >= 0.6 is 0 Å². The molecule has 1 rings (SSSR count). The first kappa shape index (κ1) is 33.2. The van der Waals surface area contributed by atoms with E-state index in [0.717, 1.165) is 19.3 Å². The summed E-state index contributed by atoms with van der Waals surface area (Å²) >= 11 is 0. The first-order valence-corrected chi connectivity index (χ1v) is 14.1. The van der Waals surface area contributed by atoms with Crippen molar-refractivity contribution in [2.75, 3.05) is 13.2 Å². The van der Waals surface area contributed by atoms with Crippen LogP contribution in [0.1, 0.15) is 104 Å². The van der Waals surface area contributed by atoms with Gasteiger partial charge in [0.2, 0.25) is 5.91 Å². The van der Waals surface area contributed by atoms with E-state index in [4.69, 9.17) is 9.47 Å². The van der Waals surface area contributed by atoms with E-state index in [-0.39, 0.29) is 18.4 Å². The van der Waals surface area contributed by atoms with E-state index >= 15 is 0 Å². The van der Waals surface area contributed by atoms with Gasteiger partial charge in [-0.2, -0.15) is 0 Å². The molecule has 0 aromatic heterocycles. The molecule has 0 bridgehead atoms. The van der Waals surface area contributed by atoms with Crippen LogP contribution < -0.4 is 5.32 Å². The molecule has 0 aliphatic carbocycles. The summed E-state index contributed by atoms with van der Waals surface area (Å²) in [6.07, 6.45) is 8.19. The van der Waals surface area contributed by atoms with Gasteiger partial charge in [0.15, 0.2) is 6.29 Å². The van der Waals surface area contributed by atoms with Gasteiger partial charge in [-0.3, -0.25) is 4.79 Å². The van der Waals surface area contributed by atoms with Crippen molar-refractivity contribution < 1.29 is 39.8 Å². The van der Waals surface area contributed by atoms with Crippen LogP contribution in [0.2, 0.25) is 0 Å². The van der Waals surface area contributed by atoms with Crippen molar-refractivity contribution in [3.63, 3.8) is 0 Å². The van der Waals surface area contributed by atoms with Crippen LogP contribution in [0.3, 0.4) is 0 Å². The minimum atomic E-state index is -1.55. The molecule has 0 radical (unpaired) electrons. The van der Waals surface area contributed by atoms with Crippen molar-refractivity contribution in [1.29, 1.82) is 0 Å². The number of nitrogens with one attached hydrogen (secondary N) is 1. The van der Waals surface area contributed by atoms with Crippen LogP contribution in [0.25, 0.3) is 0 Å². The zero-order valence-corrected chi connectivity index (χ0v) is 22.7. The largest absolute Gasteiger partial charge is 0.394 e. The Balaban J connectivity index is 2.34. The molecule has 1 amide bonds. The number of aliphatic hydroxyl groups is 5. The quantitative estimate of drug-likeness (QED) is 0.134. The molecule has 6 N–H and O–H groups in total. The number of hydrogen-bond acceptors (Lipinski definition) is 8. The Morgan fingerprint density at radius 1 is 0.889 bits per heavy atom. The first-order valence-electron chi connectivity index (χ1n) is 14.1. The maximum absolute atomic E-state index is 11.7. The van der Waals surface area contributed by atoms with Gasteiger partial charge in [0.25, 0.3) is 0 Å². The van der Waals surface area contributed by atoms with Gasteiger partial charge < -0.3 is 40.3 Å². The smallest absolute Gasteiger partial charge is 0.217 e. The molecular weight excluding hydrogens is 466 g/mol. The molecule has 0 aromatic carbocycles.